The Bertz CT molecular complexity index is 3100. The molecule has 0 aromatic heterocycles. The minimum absolute atomic E-state index is 0.0885. The van der Waals surface area contributed by atoms with Gasteiger partial charge in [0.15, 0.2) is 6.10 Å². The molecule has 0 fully saturated rings. The topological polar surface area (TPSA) is 231 Å². The smallest absolute Gasteiger partial charge is 0.463 e. The molecule has 0 saturated carbocycles. The van der Waals surface area contributed by atoms with Crippen molar-refractivity contribution in [3.63, 3.8) is 0 Å². The Balaban J connectivity index is 4.66. The van der Waals surface area contributed by atoms with E-state index in [0.29, 0.717) is 19.3 Å². The molecule has 16 nitrogen and oxygen atoms in total. The monoisotopic (exact) mass is 1780 g/mol. The average molecular weight is 1780 g/mol. The van der Waals surface area contributed by atoms with E-state index in [1.165, 1.54) is 128 Å². The zero-order chi connectivity index (χ0) is 90.7. The summed E-state index contributed by atoms with van der Waals surface area (Å²) in [5.74, 6) is -1.58. The van der Waals surface area contributed by atoms with Crippen molar-refractivity contribution in [1.29, 1.82) is 0 Å². The van der Waals surface area contributed by atoms with Crippen LogP contribution in [-0.4, -0.2) is 95.9 Å². The number of phosphoric ester groups is 2. The van der Waals surface area contributed by atoms with E-state index < -0.39 is 91.5 Å². The normalized spacial score (nSPS) is 14.6. The van der Waals surface area contributed by atoms with E-state index in [0.717, 1.165) is 205 Å². The van der Waals surface area contributed by atoms with Crippen molar-refractivity contribution >= 4 is 33.6 Å². The molecule has 0 aliphatic heterocycles. The number of esters is 3. The molecule has 0 bridgehead atoms. The summed E-state index contributed by atoms with van der Waals surface area (Å²) in [6.07, 6.45) is 132. The molecule has 0 aliphatic carbocycles. The van der Waals surface area contributed by atoms with Gasteiger partial charge in [0.2, 0.25) is 0 Å². The molecule has 0 amide bonds. The van der Waals surface area contributed by atoms with E-state index >= 15 is 0 Å². The summed E-state index contributed by atoms with van der Waals surface area (Å²) in [6.45, 7) is 2.37. The van der Waals surface area contributed by atoms with Crippen molar-refractivity contribution in [2.45, 2.75) is 411 Å². The van der Waals surface area contributed by atoms with Gasteiger partial charge in [-0.1, -0.05) is 414 Å². The second kappa shape index (κ2) is 97.2. The van der Waals surface area contributed by atoms with Gasteiger partial charge in [-0.05, 0) is 167 Å². The van der Waals surface area contributed by atoms with Gasteiger partial charge in [0.05, 0.1) is 26.4 Å². The van der Waals surface area contributed by atoms with Crippen LogP contribution in [0.15, 0.2) is 207 Å². The van der Waals surface area contributed by atoms with Crippen molar-refractivity contribution in [3.05, 3.63) is 207 Å². The number of carbonyl (C=O) groups is 3. The molecule has 0 saturated heterocycles. The number of aliphatic hydroxyl groups is 2. The van der Waals surface area contributed by atoms with Crippen molar-refractivity contribution in [2.24, 2.45) is 0 Å². The van der Waals surface area contributed by atoms with E-state index in [2.05, 4.69) is 227 Å². The lowest BCUT2D eigenvalue weighted by Gasteiger charge is -2.21. The van der Waals surface area contributed by atoms with Crippen molar-refractivity contribution < 1.29 is 75.8 Å². The summed E-state index contributed by atoms with van der Waals surface area (Å²) in [7, 11) is -9.83. The Morgan fingerprint density at radius 1 is 0.224 bits per heavy atom. The van der Waals surface area contributed by atoms with Crippen molar-refractivity contribution in [1.82, 2.24) is 0 Å². The third-order valence-electron chi connectivity index (χ3n) is 20.5. The van der Waals surface area contributed by atoms with E-state index in [9.17, 15) is 43.5 Å². The molecule has 0 rings (SSSR count). The molecule has 5 atom stereocenters. The predicted octanol–water partition coefficient (Wildman–Crippen LogP) is 31.1. The standard InChI is InChI=1S/C107H178O16P2/c1-4-7-10-13-16-19-22-25-28-31-34-37-40-43-46-48-50-52-55-57-60-63-66-69-72-75-78-81-84-87-90-93-105(110)117-96-102(108)97-119-124(113,114)120-98-103(109)99-121-125(115,116)122-101-104(123-107(112)95-92-89-86-83-80-77-74-71-68-65-62-59-54-45-42-39-36-33-30-27-24-21-18-15-12-9-6-3)100-118-106(111)94-91-88-85-82-79-76-73-70-67-64-61-58-56-53-51-49-47-44-41-38-35-32-29-26-23-20-17-14-11-8-5-2/h7-12,16-21,25-30,34-39,43-47,50,52,54,62,65,102-104,108-109H,4-6,13-15,22-24,31-33,40-42,48-49,51,53,55-61,63-64,66-101H2,1-3H3,(H,113,114)(H,115,116)/b10-7-,11-8-,12-9-,19-16-,20-17-,21-18-,28-25-,29-26-,30-27-,37-34-,38-35-,39-36-,46-43-,47-44-,52-50-,54-45-,65-62-. The van der Waals surface area contributed by atoms with Gasteiger partial charge >= 0.3 is 33.6 Å². The fourth-order valence-corrected chi connectivity index (χ4v) is 14.7. The van der Waals surface area contributed by atoms with E-state index in [4.69, 9.17) is 32.3 Å². The Kier molecular flexibility index (Phi) is 92.6. The fourth-order valence-electron chi connectivity index (χ4n) is 13.1. The second-order valence-electron chi connectivity index (χ2n) is 32.4. The Labute approximate surface area is 762 Å². The number of hydrogen-bond acceptors (Lipinski definition) is 14. The van der Waals surface area contributed by atoms with Crippen LogP contribution < -0.4 is 0 Å². The molecule has 712 valence electrons. The van der Waals surface area contributed by atoms with Gasteiger partial charge in [-0.3, -0.25) is 32.5 Å². The Morgan fingerprint density at radius 2 is 0.400 bits per heavy atom. The number of carbonyl (C=O) groups excluding carboxylic acids is 3. The number of rotatable bonds is 92. The molecule has 0 aliphatic rings. The quantitative estimate of drug-likeness (QED) is 0.0146. The Morgan fingerprint density at radius 3 is 0.632 bits per heavy atom. The molecule has 4 N–H and O–H groups in total. The molecule has 0 aromatic rings. The lowest BCUT2D eigenvalue weighted by Crippen LogP contribution is -2.30. The minimum atomic E-state index is -4.95. The first-order valence-electron chi connectivity index (χ1n) is 49.4. The lowest BCUT2D eigenvalue weighted by molar-refractivity contribution is -0.161. The summed E-state index contributed by atoms with van der Waals surface area (Å²) in [5, 5.41) is 20.8. The highest BCUT2D eigenvalue weighted by Crippen LogP contribution is 2.45. The summed E-state index contributed by atoms with van der Waals surface area (Å²) in [5.41, 5.74) is 0. The largest absolute Gasteiger partial charge is 0.472 e. The third-order valence-corrected chi connectivity index (χ3v) is 22.4. The van der Waals surface area contributed by atoms with Gasteiger partial charge < -0.3 is 34.2 Å². The molecular weight excluding hydrogens is 1600 g/mol. The summed E-state index contributed by atoms with van der Waals surface area (Å²) < 4.78 is 61.6. The van der Waals surface area contributed by atoms with Crippen LogP contribution in [0.1, 0.15) is 393 Å². The number of ether oxygens (including phenoxy) is 3. The van der Waals surface area contributed by atoms with Crippen LogP contribution in [0, 0.1) is 0 Å². The van der Waals surface area contributed by atoms with Gasteiger partial charge in [0.1, 0.15) is 25.4 Å². The second-order valence-corrected chi connectivity index (χ2v) is 35.3. The van der Waals surface area contributed by atoms with Crippen LogP contribution in [0.3, 0.4) is 0 Å². The summed E-state index contributed by atoms with van der Waals surface area (Å²) in [4.78, 5) is 59.2. The van der Waals surface area contributed by atoms with Crippen LogP contribution in [0.25, 0.3) is 0 Å². The minimum Gasteiger partial charge on any atom is -0.463 e. The third kappa shape index (κ3) is 98.6. The van der Waals surface area contributed by atoms with Crippen LogP contribution in [0.2, 0.25) is 0 Å². The number of phosphoric acid groups is 2. The lowest BCUT2D eigenvalue weighted by atomic mass is 10.0. The predicted molar refractivity (Wildman–Crippen MR) is 527 cm³/mol. The molecule has 0 heterocycles. The molecule has 0 aromatic carbocycles. The molecular formula is C107H178O16P2. The van der Waals surface area contributed by atoms with Gasteiger partial charge in [-0.25, -0.2) is 9.13 Å². The number of unbranched alkanes of at least 4 members (excludes halogenated alkanes) is 35. The number of hydrogen-bond donors (Lipinski definition) is 4. The summed E-state index contributed by atoms with van der Waals surface area (Å²) >= 11 is 0. The molecule has 125 heavy (non-hydrogen) atoms. The molecule has 0 radical (unpaired) electrons. The average Bonchev–Trinajstić information content (AvgIpc) is 0.901. The summed E-state index contributed by atoms with van der Waals surface area (Å²) in [6, 6.07) is 0. The van der Waals surface area contributed by atoms with Gasteiger partial charge in [-0.2, -0.15) is 0 Å². The molecule has 5 unspecified atom stereocenters. The van der Waals surface area contributed by atoms with E-state index in [-0.39, 0.29) is 19.3 Å². The SMILES string of the molecule is CC/C=C\C/C=C\C/C=C\C/C=C\C/C=C\C/C=C\CCCCCCCCCCCCCCC(=O)OCC(O)COP(=O)(O)OCC(O)COP(=O)(O)OCC(COC(=O)CCCCCCCCCCCCCCCCC/C=C\C/C=C\C/C=C\C/C=C\C/C=C\CC)OC(=O)CCCCCCCCCC/C=C\C/C=C\C/C=C\C/C=C\C/C=C\C/C=C\CC. The molecule has 0 spiro atoms. The van der Waals surface area contributed by atoms with Crippen LogP contribution >= 0.6 is 15.6 Å². The van der Waals surface area contributed by atoms with Crippen molar-refractivity contribution in [2.75, 3.05) is 39.6 Å². The van der Waals surface area contributed by atoms with Crippen molar-refractivity contribution in [3.8, 4) is 0 Å². The highest BCUT2D eigenvalue weighted by molar-refractivity contribution is 7.47. The maximum absolute atomic E-state index is 13.1. The van der Waals surface area contributed by atoms with E-state index in [1.54, 1.807) is 0 Å². The zero-order valence-electron chi connectivity index (χ0n) is 78.7. The first-order chi connectivity index (χ1) is 61.2. The van der Waals surface area contributed by atoms with E-state index in [1.807, 2.05) is 0 Å². The first kappa shape index (κ1) is 119. The van der Waals surface area contributed by atoms with Gasteiger partial charge in [0.25, 0.3) is 0 Å². The number of aliphatic hydroxyl groups excluding tert-OH is 2. The van der Waals surface area contributed by atoms with Crippen LogP contribution in [0.4, 0.5) is 0 Å². The maximum Gasteiger partial charge on any atom is 0.472 e. The first-order valence-corrected chi connectivity index (χ1v) is 52.4. The fraction of sp³-hybridized carbons (Fsp3) is 0.654. The Hall–Kier alpha value is -5.87. The van der Waals surface area contributed by atoms with Gasteiger partial charge in [-0.15, -0.1) is 0 Å². The number of allylic oxidation sites excluding steroid dienone is 34. The zero-order valence-corrected chi connectivity index (χ0v) is 80.5. The van der Waals surface area contributed by atoms with Gasteiger partial charge in [0, 0.05) is 19.3 Å². The van der Waals surface area contributed by atoms with Crippen LogP contribution in [0.5, 0.6) is 0 Å². The van der Waals surface area contributed by atoms with Crippen LogP contribution in [-0.2, 0) is 55.8 Å². The maximum atomic E-state index is 13.1. The molecule has 18 heteroatoms. The highest BCUT2D eigenvalue weighted by atomic mass is 31.2. The highest BCUT2D eigenvalue weighted by Gasteiger charge is 2.30.